The molecule has 14 heavy (non-hydrogen) atoms. The van der Waals surface area contributed by atoms with Crippen molar-refractivity contribution in [2.75, 3.05) is 20.2 Å². The second-order valence-electron chi connectivity index (χ2n) is 3.69. The number of nitrogens with one attached hydrogen (secondary N) is 1. The summed E-state index contributed by atoms with van der Waals surface area (Å²) in [6.45, 7) is 5.80. The van der Waals surface area contributed by atoms with Crippen LogP contribution in [0.5, 0.6) is 0 Å². The van der Waals surface area contributed by atoms with Gasteiger partial charge >= 0.3 is 5.97 Å². The van der Waals surface area contributed by atoms with E-state index in [2.05, 4.69) is 17.0 Å². The Morgan fingerprint density at radius 1 is 1.36 bits per heavy atom. The maximum Gasteiger partial charge on any atom is 0.309 e. The second-order valence-corrected chi connectivity index (χ2v) is 3.69. The molecule has 0 aromatic rings. The molecule has 0 saturated carbocycles. The Balaban J connectivity index is 3.23. The van der Waals surface area contributed by atoms with Gasteiger partial charge in [0.2, 0.25) is 0 Å². The van der Waals surface area contributed by atoms with Crippen molar-refractivity contribution in [1.82, 2.24) is 5.32 Å². The monoisotopic (exact) mass is 201 g/mol. The highest BCUT2D eigenvalue weighted by Gasteiger charge is 2.11. The van der Waals surface area contributed by atoms with E-state index in [9.17, 15) is 4.79 Å². The Morgan fingerprint density at radius 3 is 2.64 bits per heavy atom. The predicted molar refractivity (Wildman–Crippen MR) is 58.2 cm³/mol. The largest absolute Gasteiger partial charge is 0.469 e. The minimum absolute atomic E-state index is 0.0359. The lowest BCUT2D eigenvalue weighted by atomic mass is 10.1. The van der Waals surface area contributed by atoms with Crippen LogP contribution in [0.15, 0.2) is 0 Å². The Bertz CT molecular complexity index is 148. The molecule has 0 aliphatic carbocycles. The SMILES string of the molecule is CCCCCCNC[C@@H](C)C(=O)OC. The van der Waals surface area contributed by atoms with Gasteiger partial charge in [0, 0.05) is 6.54 Å². The Morgan fingerprint density at radius 2 is 2.07 bits per heavy atom. The van der Waals surface area contributed by atoms with Gasteiger partial charge in [0.25, 0.3) is 0 Å². The van der Waals surface area contributed by atoms with Crippen molar-refractivity contribution in [3.05, 3.63) is 0 Å². The molecule has 3 nitrogen and oxygen atoms in total. The summed E-state index contributed by atoms with van der Waals surface area (Å²) in [5.41, 5.74) is 0. The molecule has 0 spiro atoms. The van der Waals surface area contributed by atoms with E-state index in [1.165, 1.54) is 32.8 Å². The van der Waals surface area contributed by atoms with E-state index in [1.54, 1.807) is 0 Å². The third-order valence-electron chi connectivity index (χ3n) is 2.26. The number of ether oxygens (including phenoxy) is 1. The van der Waals surface area contributed by atoms with E-state index in [0.717, 1.165) is 13.1 Å². The maximum absolute atomic E-state index is 11.0. The van der Waals surface area contributed by atoms with Crippen LogP contribution >= 0.6 is 0 Å². The average Bonchev–Trinajstić information content (AvgIpc) is 2.21. The number of unbranched alkanes of at least 4 members (excludes halogenated alkanes) is 3. The van der Waals surface area contributed by atoms with Crippen LogP contribution in [-0.2, 0) is 9.53 Å². The third kappa shape index (κ3) is 6.89. The zero-order chi connectivity index (χ0) is 10.8. The molecule has 0 radical (unpaired) electrons. The fourth-order valence-electron chi connectivity index (χ4n) is 1.28. The summed E-state index contributed by atoms with van der Waals surface area (Å²) >= 11 is 0. The Hall–Kier alpha value is -0.570. The van der Waals surface area contributed by atoms with Crippen LogP contribution in [0.25, 0.3) is 0 Å². The van der Waals surface area contributed by atoms with Crippen molar-refractivity contribution >= 4 is 5.97 Å². The molecule has 0 rings (SSSR count). The van der Waals surface area contributed by atoms with Gasteiger partial charge in [-0.3, -0.25) is 4.79 Å². The Kier molecular flexibility index (Phi) is 8.64. The molecule has 0 heterocycles. The zero-order valence-electron chi connectivity index (χ0n) is 9.64. The smallest absolute Gasteiger partial charge is 0.309 e. The summed E-state index contributed by atoms with van der Waals surface area (Å²) in [7, 11) is 1.43. The lowest BCUT2D eigenvalue weighted by molar-refractivity contribution is -0.144. The van der Waals surface area contributed by atoms with Gasteiger partial charge in [-0.05, 0) is 13.0 Å². The van der Waals surface area contributed by atoms with Gasteiger partial charge in [0.1, 0.15) is 0 Å². The molecular formula is C11H23NO2. The minimum Gasteiger partial charge on any atom is -0.469 e. The zero-order valence-corrected chi connectivity index (χ0v) is 9.64. The molecular weight excluding hydrogens is 178 g/mol. The van der Waals surface area contributed by atoms with Crippen molar-refractivity contribution in [2.24, 2.45) is 5.92 Å². The topological polar surface area (TPSA) is 38.3 Å². The highest BCUT2D eigenvalue weighted by molar-refractivity contribution is 5.71. The molecule has 0 bridgehead atoms. The van der Waals surface area contributed by atoms with Crippen molar-refractivity contribution in [3.8, 4) is 0 Å². The predicted octanol–water partition coefficient (Wildman–Crippen LogP) is 1.97. The molecule has 0 aliphatic heterocycles. The molecule has 0 amide bonds. The lowest BCUT2D eigenvalue weighted by Gasteiger charge is -2.09. The van der Waals surface area contributed by atoms with Crippen molar-refractivity contribution in [3.63, 3.8) is 0 Å². The summed E-state index contributed by atoms with van der Waals surface area (Å²) in [6, 6.07) is 0. The van der Waals surface area contributed by atoms with Gasteiger partial charge in [-0.25, -0.2) is 0 Å². The Labute approximate surface area is 87.2 Å². The molecule has 0 fully saturated rings. The minimum atomic E-state index is -0.133. The molecule has 1 atom stereocenters. The van der Waals surface area contributed by atoms with Gasteiger partial charge < -0.3 is 10.1 Å². The average molecular weight is 201 g/mol. The van der Waals surface area contributed by atoms with E-state index in [4.69, 9.17) is 0 Å². The first-order chi connectivity index (χ1) is 6.72. The quantitative estimate of drug-likeness (QED) is 0.482. The summed E-state index contributed by atoms with van der Waals surface area (Å²) in [4.78, 5) is 11.0. The molecule has 3 heteroatoms. The molecule has 1 N–H and O–H groups in total. The summed E-state index contributed by atoms with van der Waals surface area (Å²) in [5.74, 6) is -0.169. The number of hydrogen-bond donors (Lipinski definition) is 1. The summed E-state index contributed by atoms with van der Waals surface area (Å²) in [5, 5.41) is 3.26. The fourth-order valence-corrected chi connectivity index (χ4v) is 1.28. The van der Waals surface area contributed by atoms with Crippen LogP contribution in [0.2, 0.25) is 0 Å². The molecule has 84 valence electrons. The number of rotatable bonds is 8. The van der Waals surface area contributed by atoms with Crippen molar-refractivity contribution < 1.29 is 9.53 Å². The standard InChI is InChI=1S/C11H23NO2/c1-4-5-6-7-8-12-9-10(2)11(13)14-3/h10,12H,4-9H2,1-3H3/t10-/m1/s1. The normalized spacial score (nSPS) is 12.5. The van der Waals surface area contributed by atoms with Gasteiger partial charge in [-0.15, -0.1) is 0 Å². The number of methoxy groups -OCH3 is 1. The second kappa shape index (κ2) is 9.00. The molecule has 0 saturated heterocycles. The van der Waals surface area contributed by atoms with Crippen LogP contribution < -0.4 is 5.32 Å². The first kappa shape index (κ1) is 13.4. The number of carbonyl (C=O) groups excluding carboxylic acids is 1. The van der Waals surface area contributed by atoms with Crippen molar-refractivity contribution in [1.29, 1.82) is 0 Å². The van der Waals surface area contributed by atoms with Crippen LogP contribution in [0.3, 0.4) is 0 Å². The lowest BCUT2D eigenvalue weighted by Crippen LogP contribution is -2.27. The third-order valence-corrected chi connectivity index (χ3v) is 2.26. The first-order valence-electron chi connectivity index (χ1n) is 5.50. The van der Waals surface area contributed by atoms with E-state index >= 15 is 0 Å². The summed E-state index contributed by atoms with van der Waals surface area (Å²) < 4.78 is 4.63. The summed E-state index contributed by atoms with van der Waals surface area (Å²) in [6.07, 6.45) is 5.03. The maximum atomic E-state index is 11.0. The van der Waals surface area contributed by atoms with Crippen LogP contribution in [0.1, 0.15) is 39.5 Å². The van der Waals surface area contributed by atoms with Gasteiger partial charge in [0.05, 0.1) is 13.0 Å². The van der Waals surface area contributed by atoms with Crippen molar-refractivity contribution in [2.45, 2.75) is 39.5 Å². The van der Waals surface area contributed by atoms with Crippen LogP contribution in [0.4, 0.5) is 0 Å². The van der Waals surface area contributed by atoms with E-state index in [1.807, 2.05) is 6.92 Å². The number of esters is 1. The molecule has 0 aliphatic rings. The van der Waals surface area contributed by atoms with Crippen LogP contribution in [-0.4, -0.2) is 26.2 Å². The highest BCUT2D eigenvalue weighted by Crippen LogP contribution is 1.98. The molecule has 0 aromatic carbocycles. The first-order valence-corrected chi connectivity index (χ1v) is 5.50. The van der Waals surface area contributed by atoms with Gasteiger partial charge in [-0.2, -0.15) is 0 Å². The van der Waals surface area contributed by atoms with Gasteiger partial charge in [0.15, 0.2) is 0 Å². The van der Waals surface area contributed by atoms with E-state index in [0.29, 0.717) is 0 Å². The van der Waals surface area contributed by atoms with E-state index in [-0.39, 0.29) is 11.9 Å². The fraction of sp³-hybridized carbons (Fsp3) is 0.909. The van der Waals surface area contributed by atoms with E-state index < -0.39 is 0 Å². The number of carbonyl (C=O) groups is 1. The molecule has 0 unspecified atom stereocenters. The highest BCUT2D eigenvalue weighted by atomic mass is 16.5. The van der Waals surface area contributed by atoms with Crippen LogP contribution in [0, 0.1) is 5.92 Å². The molecule has 0 aromatic heterocycles. The van der Waals surface area contributed by atoms with Gasteiger partial charge in [-0.1, -0.05) is 33.1 Å². The number of hydrogen-bond acceptors (Lipinski definition) is 3.